The summed E-state index contributed by atoms with van der Waals surface area (Å²) in [5, 5.41) is 3.73. The maximum atomic E-state index is 5.57. The van der Waals surface area contributed by atoms with Gasteiger partial charge in [-0.2, -0.15) is 0 Å². The molecule has 1 aliphatic rings. The van der Waals surface area contributed by atoms with Gasteiger partial charge in [0.1, 0.15) is 5.75 Å². The van der Waals surface area contributed by atoms with Crippen LogP contribution in [0, 0.1) is 0 Å². The lowest BCUT2D eigenvalue weighted by molar-refractivity contribution is 0.105. The highest BCUT2D eigenvalue weighted by Gasteiger charge is 2.43. The van der Waals surface area contributed by atoms with Gasteiger partial charge in [-0.1, -0.05) is 31.9 Å². The number of likely N-dealkylation sites (N-methyl/N-ethyl adjacent to an activating group) is 2. The zero-order valence-corrected chi connectivity index (χ0v) is 14.0. The molecule has 0 aliphatic heterocycles. The van der Waals surface area contributed by atoms with Crippen LogP contribution in [0.3, 0.4) is 0 Å². The summed E-state index contributed by atoms with van der Waals surface area (Å²) in [4.78, 5) is 2.43. The van der Waals surface area contributed by atoms with Crippen LogP contribution >= 0.6 is 0 Å². The maximum Gasteiger partial charge on any atom is 0.119 e. The van der Waals surface area contributed by atoms with E-state index in [4.69, 9.17) is 4.74 Å². The van der Waals surface area contributed by atoms with Crippen molar-refractivity contribution in [3.63, 3.8) is 0 Å². The highest BCUT2D eigenvalue weighted by atomic mass is 16.5. The number of nitrogens with zero attached hydrogens (tertiary/aromatic N) is 1. The van der Waals surface area contributed by atoms with Crippen molar-refractivity contribution < 1.29 is 4.74 Å². The second kappa shape index (κ2) is 7.28. The molecular formula is C18H30N2O. The average molecular weight is 290 g/mol. The highest BCUT2D eigenvalue weighted by molar-refractivity contribution is 5.31. The van der Waals surface area contributed by atoms with Crippen LogP contribution in [0.1, 0.15) is 51.1 Å². The minimum atomic E-state index is 0.239. The minimum absolute atomic E-state index is 0.239. The van der Waals surface area contributed by atoms with Gasteiger partial charge in [0.15, 0.2) is 0 Å². The summed E-state index contributed by atoms with van der Waals surface area (Å²) < 4.78 is 5.57. The standard InChI is InChI=1S/C18H30N2O/c1-5-19-17(18(20(3)4)13-7-8-14-18)15-9-11-16(12-10-15)21-6-2/h9-12,17,19H,5-8,13-14H2,1-4H3. The molecule has 2 rings (SSSR count). The van der Waals surface area contributed by atoms with Crippen LogP contribution in [0.15, 0.2) is 24.3 Å². The van der Waals surface area contributed by atoms with Gasteiger partial charge in [0.25, 0.3) is 0 Å². The molecule has 1 aliphatic carbocycles. The van der Waals surface area contributed by atoms with Gasteiger partial charge < -0.3 is 15.0 Å². The Morgan fingerprint density at radius 3 is 2.24 bits per heavy atom. The maximum absolute atomic E-state index is 5.57. The molecule has 118 valence electrons. The van der Waals surface area contributed by atoms with Crippen molar-refractivity contribution in [2.45, 2.75) is 51.1 Å². The normalized spacial score (nSPS) is 18.9. The van der Waals surface area contributed by atoms with Crippen LogP contribution in [-0.2, 0) is 0 Å². The zero-order chi connectivity index (χ0) is 15.3. The molecule has 0 saturated heterocycles. The molecule has 1 unspecified atom stereocenters. The van der Waals surface area contributed by atoms with Gasteiger partial charge in [-0.3, -0.25) is 0 Å². The zero-order valence-electron chi connectivity index (χ0n) is 14.0. The highest BCUT2D eigenvalue weighted by Crippen LogP contribution is 2.43. The molecule has 0 aromatic heterocycles. The Morgan fingerprint density at radius 1 is 1.14 bits per heavy atom. The van der Waals surface area contributed by atoms with Gasteiger partial charge in [0.05, 0.1) is 12.6 Å². The first kappa shape index (κ1) is 16.3. The lowest BCUT2D eigenvalue weighted by Crippen LogP contribution is -2.52. The van der Waals surface area contributed by atoms with E-state index in [9.17, 15) is 0 Å². The summed E-state index contributed by atoms with van der Waals surface area (Å²) in [6.45, 7) is 5.93. The summed E-state index contributed by atoms with van der Waals surface area (Å²) >= 11 is 0. The van der Waals surface area contributed by atoms with Crippen LogP contribution in [0.25, 0.3) is 0 Å². The average Bonchev–Trinajstić information content (AvgIpc) is 2.97. The van der Waals surface area contributed by atoms with Gasteiger partial charge in [0, 0.05) is 5.54 Å². The van der Waals surface area contributed by atoms with Gasteiger partial charge in [0.2, 0.25) is 0 Å². The molecule has 0 radical (unpaired) electrons. The lowest BCUT2D eigenvalue weighted by Gasteiger charge is -2.44. The van der Waals surface area contributed by atoms with E-state index in [0.717, 1.165) is 18.9 Å². The van der Waals surface area contributed by atoms with Gasteiger partial charge in [-0.15, -0.1) is 0 Å². The van der Waals surface area contributed by atoms with Crippen LogP contribution in [-0.4, -0.2) is 37.7 Å². The fourth-order valence-electron chi connectivity index (χ4n) is 3.73. The predicted molar refractivity (Wildman–Crippen MR) is 88.9 cm³/mol. The van der Waals surface area contributed by atoms with E-state index >= 15 is 0 Å². The Hall–Kier alpha value is -1.06. The first-order valence-electron chi connectivity index (χ1n) is 8.27. The Balaban J connectivity index is 2.28. The molecule has 1 saturated carbocycles. The van der Waals surface area contributed by atoms with E-state index in [2.05, 4.69) is 55.5 Å². The molecule has 0 bridgehead atoms. The number of ether oxygens (including phenoxy) is 1. The van der Waals surface area contributed by atoms with E-state index in [1.54, 1.807) is 0 Å². The molecule has 0 spiro atoms. The van der Waals surface area contributed by atoms with Crippen molar-refractivity contribution in [2.24, 2.45) is 0 Å². The topological polar surface area (TPSA) is 24.5 Å². The Morgan fingerprint density at radius 2 is 1.76 bits per heavy atom. The number of benzene rings is 1. The SMILES string of the molecule is CCNC(c1ccc(OCC)cc1)C1(N(C)C)CCCC1. The Labute approximate surface area is 129 Å². The number of rotatable bonds is 7. The fourth-order valence-corrected chi connectivity index (χ4v) is 3.73. The molecule has 1 N–H and O–H groups in total. The van der Waals surface area contributed by atoms with Crippen LogP contribution in [0.5, 0.6) is 5.75 Å². The van der Waals surface area contributed by atoms with E-state index in [1.807, 2.05) is 6.92 Å². The third-order valence-corrected chi connectivity index (χ3v) is 4.83. The first-order valence-corrected chi connectivity index (χ1v) is 8.27. The largest absolute Gasteiger partial charge is 0.494 e. The van der Waals surface area contributed by atoms with Crippen molar-refractivity contribution in [1.82, 2.24) is 10.2 Å². The molecule has 0 amide bonds. The predicted octanol–water partition coefficient (Wildman–Crippen LogP) is 3.61. The Kier molecular flexibility index (Phi) is 5.65. The smallest absolute Gasteiger partial charge is 0.119 e. The molecule has 1 fully saturated rings. The van der Waals surface area contributed by atoms with Crippen molar-refractivity contribution in [2.75, 3.05) is 27.2 Å². The third kappa shape index (κ3) is 3.41. The van der Waals surface area contributed by atoms with Gasteiger partial charge in [-0.05, 0) is 58.1 Å². The summed E-state index contributed by atoms with van der Waals surface area (Å²) in [5.41, 5.74) is 1.61. The molecule has 1 atom stereocenters. The molecule has 3 heteroatoms. The molecule has 0 heterocycles. The number of hydrogen-bond acceptors (Lipinski definition) is 3. The van der Waals surface area contributed by atoms with E-state index < -0.39 is 0 Å². The minimum Gasteiger partial charge on any atom is -0.494 e. The monoisotopic (exact) mass is 290 g/mol. The Bertz CT molecular complexity index is 421. The first-order chi connectivity index (χ1) is 10.1. The van der Waals surface area contributed by atoms with E-state index in [-0.39, 0.29) is 5.54 Å². The molecule has 3 nitrogen and oxygen atoms in total. The molecule has 1 aromatic carbocycles. The van der Waals surface area contributed by atoms with Crippen LogP contribution in [0.2, 0.25) is 0 Å². The quantitative estimate of drug-likeness (QED) is 0.830. The second-order valence-corrected chi connectivity index (χ2v) is 6.20. The third-order valence-electron chi connectivity index (χ3n) is 4.83. The van der Waals surface area contributed by atoms with Crippen molar-refractivity contribution in [3.8, 4) is 5.75 Å². The van der Waals surface area contributed by atoms with Crippen molar-refractivity contribution in [1.29, 1.82) is 0 Å². The molecule has 21 heavy (non-hydrogen) atoms. The number of hydrogen-bond donors (Lipinski definition) is 1. The number of nitrogens with one attached hydrogen (secondary N) is 1. The fraction of sp³-hybridized carbons (Fsp3) is 0.667. The van der Waals surface area contributed by atoms with Crippen LogP contribution in [0.4, 0.5) is 0 Å². The summed E-state index contributed by atoms with van der Waals surface area (Å²) in [7, 11) is 4.45. The second-order valence-electron chi connectivity index (χ2n) is 6.20. The van der Waals surface area contributed by atoms with E-state index in [0.29, 0.717) is 6.04 Å². The van der Waals surface area contributed by atoms with Gasteiger partial charge >= 0.3 is 0 Å². The van der Waals surface area contributed by atoms with E-state index in [1.165, 1.54) is 31.2 Å². The van der Waals surface area contributed by atoms with Crippen molar-refractivity contribution >= 4 is 0 Å². The summed E-state index contributed by atoms with van der Waals surface area (Å²) in [5.74, 6) is 0.960. The summed E-state index contributed by atoms with van der Waals surface area (Å²) in [6, 6.07) is 9.03. The molecular weight excluding hydrogens is 260 g/mol. The van der Waals surface area contributed by atoms with Crippen molar-refractivity contribution in [3.05, 3.63) is 29.8 Å². The lowest BCUT2D eigenvalue weighted by atomic mass is 9.82. The summed E-state index contributed by atoms with van der Waals surface area (Å²) in [6.07, 6.45) is 5.20. The van der Waals surface area contributed by atoms with Gasteiger partial charge in [-0.25, -0.2) is 0 Å². The molecule has 1 aromatic rings. The van der Waals surface area contributed by atoms with Crippen LogP contribution < -0.4 is 10.1 Å².